The summed E-state index contributed by atoms with van der Waals surface area (Å²) in [6.45, 7) is 6.82. The molecule has 0 radical (unpaired) electrons. The number of carbonyl (C=O) groups is 1. The summed E-state index contributed by atoms with van der Waals surface area (Å²) < 4.78 is 5.40. The van der Waals surface area contributed by atoms with E-state index in [9.17, 15) is 4.79 Å². The average Bonchev–Trinajstić information content (AvgIpc) is 2.64. The van der Waals surface area contributed by atoms with E-state index < -0.39 is 0 Å². The van der Waals surface area contributed by atoms with Gasteiger partial charge in [-0.1, -0.05) is 11.6 Å². The quantitative estimate of drug-likeness (QED) is 0.867. The zero-order chi connectivity index (χ0) is 19.6. The van der Waals surface area contributed by atoms with Crippen LogP contribution in [-0.4, -0.2) is 66.0 Å². The number of anilines is 2. The van der Waals surface area contributed by atoms with Gasteiger partial charge in [-0.25, -0.2) is 9.97 Å². The monoisotopic (exact) mass is 389 g/mol. The summed E-state index contributed by atoms with van der Waals surface area (Å²) in [5.41, 5.74) is 2.04. The maximum Gasteiger partial charge on any atom is 0.272 e. The first-order valence-corrected chi connectivity index (χ1v) is 9.20. The molecule has 1 aromatic carbocycles. The Morgan fingerprint density at radius 2 is 1.85 bits per heavy atom. The number of methoxy groups -OCH3 is 1. The number of nitrogens with one attached hydrogen (secondary N) is 1. The summed E-state index contributed by atoms with van der Waals surface area (Å²) in [4.78, 5) is 25.6. The van der Waals surface area contributed by atoms with Gasteiger partial charge in [0, 0.05) is 43.3 Å². The minimum absolute atomic E-state index is 0.0732. The molecule has 1 N–H and O–H groups in total. The smallest absolute Gasteiger partial charge is 0.272 e. The lowest BCUT2D eigenvalue weighted by molar-refractivity contribution is 0.0658. The standard InChI is InChI=1S/C19H24ClN5O2/c1-12-9-15(17(27-4)10-14(12)20)23-18-11-16(21-13(2)22-18)19(26)25-7-5-24(3)6-8-25/h9-11H,5-8H2,1-4H3,(H,21,22,23). The van der Waals surface area contributed by atoms with Gasteiger partial charge in [-0.3, -0.25) is 4.79 Å². The van der Waals surface area contributed by atoms with Gasteiger partial charge in [0.25, 0.3) is 5.91 Å². The Kier molecular flexibility index (Phi) is 5.82. The van der Waals surface area contributed by atoms with E-state index in [1.807, 2.05) is 17.9 Å². The molecule has 2 aromatic rings. The van der Waals surface area contributed by atoms with Gasteiger partial charge in [-0.15, -0.1) is 0 Å². The van der Waals surface area contributed by atoms with Crippen LogP contribution in [0.25, 0.3) is 0 Å². The highest BCUT2D eigenvalue weighted by Gasteiger charge is 2.22. The molecule has 0 bridgehead atoms. The number of likely N-dealkylation sites (N-methyl/N-ethyl adjacent to an activating group) is 1. The Bertz CT molecular complexity index is 850. The van der Waals surface area contributed by atoms with E-state index in [4.69, 9.17) is 16.3 Å². The molecule has 1 aliphatic heterocycles. The minimum Gasteiger partial charge on any atom is -0.495 e. The molecule has 0 atom stereocenters. The molecule has 8 heteroatoms. The molecule has 1 fully saturated rings. The largest absolute Gasteiger partial charge is 0.495 e. The van der Waals surface area contributed by atoms with E-state index in [0.717, 1.165) is 24.3 Å². The van der Waals surface area contributed by atoms with Crippen molar-refractivity contribution in [3.63, 3.8) is 0 Å². The molecule has 3 rings (SSSR count). The number of amides is 1. The summed E-state index contributed by atoms with van der Waals surface area (Å²) in [5.74, 6) is 1.60. The van der Waals surface area contributed by atoms with Crippen molar-refractivity contribution in [3.05, 3.63) is 40.3 Å². The van der Waals surface area contributed by atoms with Crippen molar-refractivity contribution in [2.75, 3.05) is 45.7 Å². The molecule has 144 valence electrons. The van der Waals surface area contributed by atoms with Gasteiger partial charge >= 0.3 is 0 Å². The fraction of sp³-hybridized carbons (Fsp3) is 0.421. The van der Waals surface area contributed by atoms with Crippen LogP contribution in [0.5, 0.6) is 5.75 Å². The molecule has 1 aromatic heterocycles. The van der Waals surface area contributed by atoms with Crippen LogP contribution in [0, 0.1) is 13.8 Å². The number of ether oxygens (including phenoxy) is 1. The van der Waals surface area contributed by atoms with Crippen LogP contribution in [-0.2, 0) is 0 Å². The zero-order valence-electron chi connectivity index (χ0n) is 16.0. The van der Waals surface area contributed by atoms with Crippen molar-refractivity contribution < 1.29 is 9.53 Å². The molecule has 7 nitrogen and oxygen atoms in total. The summed E-state index contributed by atoms with van der Waals surface area (Å²) >= 11 is 6.17. The number of halogens is 1. The summed E-state index contributed by atoms with van der Waals surface area (Å²) in [6, 6.07) is 5.32. The van der Waals surface area contributed by atoms with Gasteiger partial charge in [-0.2, -0.15) is 0 Å². The SMILES string of the molecule is COc1cc(Cl)c(C)cc1Nc1cc(C(=O)N2CCN(C)CC2)nc(C)n1. The van der Waals surface area contributed by atoms with Crippen LogP contribution in [0.3, 0.4) is 0 Å². The van der Waals surface area contributed by atoms with Crippen molar-refractivity contribution in [3.8, 4) is 5.75 Å². The Balaban J connectivity index is 1.86. The van der Waals surface area contributed by atoms with Crippen molar-refractivity contribution >= 4 is 29.0 Å². The number of nitrogens with zero attached hydrogens (tertiary/aromatic N) is 4. The van der Waals surface area contributed by atoms with Crippen LogP contribution in [0.1, 0.15) is 21.9 Å². The average molecular weight is 390 g/mol. The first kappa shape index (κ1) is 19.4. The number of rotatable bonds is 4. The normalized spacial score (nSPS) is 14.9. The van der Waals surface area contributed by atoms with Gasteiger partial charge < -0.3 is 19.9 Å². The van der Waals surface area contributed by atoms with E-state index in [-0.39, 0.29) is 5.91 Å². The third-order valence-electron chi connectivity index (χ3n) is 4.59. The highest BCUT2D eigenvalue weighted by atomic mass is 35.5. The minimum atomic E-state index is -0.0732. The van der Waals surface area contributed by atoms with Gasteiger partial charge in [0.1, 0.15) is 23.1 Å². The lowest BCUT2D eigenvalue weighted by Crippen LogP contribution is -2.47. The Labute approximate surface area is 164 Å². The fourth-order valence-electron chi connectivity index (χ4n) is 2.98. The number of aryl methyl sites for hydroxylation is 2. The summed E-state index contributed by atoms with van der Waals surface area (Å²) in [7, 11) is 3.64. The Morgan fingerprint density at radius 3 is 2.52 bits per heavy atom. The van der Waals surface area contributed by atoms with E-state index in [2.05, 4.69) is 27.2 Å². The van der Waals surface area contributed by atoms with E-state index in [0.29, 0.717) is 41.2 Å². The molecule has 0 spiro atoms. The van der Waals surface area contributed by atoms with Gasteiger partial charge in [0.2, 0.25) is 0 Å². The number of carbonyl (C=O) groups excluding carboxylic acids is 1. The molecule has 1 aliphatic rings. The van der Waals surface area contributed by atoms with Crippen LogP contribution >= 0.6 is 11.6 Å². The second kappa shape index (κ2) is 8.10. The Morgan fingerprint density at radius 1 is 1.15 bits per heavy atom. The number of hydrogen-bond donors (Lipinski definition) is 1. The molecule has 27 heavy (non-hydrogen) atoms. The highest BCUT2D eigenvalue weighted by molar-refractivity contribution is 6.31. The van der Waals surface area contributed by atoms with Gasteiger partial charge in [0.05, 0.1) is 12.8 Å². The molecular formula is C19H24ClN5O2. The molecule has 0 saturated carbocycles. The number of hydrogen-bond acceptors (Lipinski definition) is 6. The van der Waals surface area contributed by atoms with Gasteiger partial charge in [-0.05, 0) is 32.5 Å². The predicted molar refractivity (Wildman–Crippen MR) is 106 cm³/mol. The first-order chi connectivity index (χ1) is 12.9. The number of benzene rings is 1. The van der Waals surface area contributed by atoms with Crippen molar-refractivity contribution in [2.24, 2.45) is 0 Å². The first-order valence-electron chi connectivity index (χ1n) is 8.82. The van der Waals surface area contributed by atoms with Crippen molar-refractivity contribution in [1.29, 1.82) is 0 Å². The third-order valence-corrected chi connectivity index (χ3v) is 5.00. The lowest BCUT2D eigenvalue weighted by atomic mass is 10.2. The molecule has 0 unspecified atom stereocenters. The third kappa shape index (κ3) is 4.48. The van der Waals surface area contributed by atoms with E-state index in [1.165, 1.54) is 0 Å². The van der Waals surface area contributed by atoms with Crippen molar-refractivity contribution in [2.45, 2.75) is 13.8 Å². The maximum atomic E-state index is 12.8. The van der Waals surface area contributed by atoms with Crippen LogP contribution < -0.4 is 10.1 Å². The lowest BCUT2D eigenvalue weighted by Gasteiger charge is -2.32. The summed E-state index contributed by atoms with van der Waals surface area (Å²) in [6.07, 6.45) is 0. The maximum absolute atomic E-state index is 12.8. The molecular weight excluding hydrogens is 366 g/mol. The number of piperazine rings is 1. The molecule has 1 saturated heterocycles. The van der Waals surface area contributed by atoms with Crippen molar-refractivity contribution in [1.82, 2.24) is 19.8 Å². The number of aromatic nitrogens is 2. The highest BCUT2D eigenvalue weighted by Crippen LogP contribution is 2.32. The van der Waals surface area contributed by atoms with Gasteiger partial charge in [0.15, 0.2) is 0 Å². The predicted octanol–water partition coefficient (Wildman–Crippen LogP) is 2.89. The van der Waals surface area contributed by atoms with Crippen LogP contribution in [0.15, 0.2) is 18.2 Å². The Hall–Kier alpha value is -2.38. The zero-order valence-corrected chi connectivity index (χ0v) is 16.8. The molecule has 0 aliphatic carbocycles. The topological polar surface area (TPSA) is 70.6 Å². The summed E-state index contributed by atoms with van der Waals surface area (Å²) in [5, 5.41) is 3.85. The second-order valence-electron chi connectivity index (χ2n) is 6.71. The second-order valence-corrected chi connectivity index (χ2v) is 7.11. The van der Waals surface area contributed by atoms with Crippen LogP contribution in [0.4, 0.5) is 11.5 Å². The van der Waals surface area contributed by atoms with Crippen LogP contribution in [0.2, 0.25) is 5.02 Å². The molecule has 1 amide bonds. The fourth-order valence-corrected chi connectivity index (χ4v) is 3.13. The molecule has 2 heterocycles. The van der Waals surface area contributed by atoms with E-state index >= 15 is 0 Å². The van der Waals surface area contributed by atoms with E-state index in [1.54, 1.807) is 26.2 Å².